The highest BCUT2D eigenvalue weighted by atomic mass is 35.5. The molecule has 0 aliphatic carbocycles. The molecule has 7 heteroatoms. The van der Waals surface area contributed by atoms with Crippen LogP contribution >= 0.6 is 11.6 Å². The molecular formula is C11H15ClFNO3S. The molecule has 4 nitrogen and oxygen atoms in total. The number of sulfonamides is 1. The summed E-state index contributed by atoms with van der Waals surface area (Å²) in [4.78, 5) is 0. The molecule has 1 aromatic rings. The van der Waals surface area contributed by atoms with Gasteiger partial charge in [0.1, 0.15) is 0 Å². The molecule has 1 rings (SSSR count). The van der Waals surface area contributed by atoms with Crippen molar-refractivity contribution in [1.82, 2.24) is 4.31 Å². The van der Waals surface area contributed by atoms with Crippen molar-refractivity contribution in [2.45, 2.75) is 6.54 Å². The average molecular weight is 296 g/mol. The van der Waals surface area contributed by atoms with Crippen LogP contribution in [0.15, 0.2) is 18.2 Å². The van der Waals surface area contributed by atoms with E-state index >= 15 is 0 Å². The van der Waals surface area contributed by atoms with Crippen LogP contribution in [0.2, 0.25) is 0 Å². The molecule has 18 heavy (non-hydrogen) atoms. The molecule has 0 N–H and O–H groups in total. The fraction of sp³-hybridized carbons (Fsp3) is 0.455. The monoisotopic (exact) mass is 295 g/mol. The predicted molar refractivity (Wildman–Crippen MR) is 68.9 cm³/mol. The van der Waals surface area contributed by atoms with Gasteiger partial charge in [0.2, 0.25) is 10.0 Å². The molecule has 0 aliphatic heterocycles. The summed E-state index contributed by atoms with van der Waals surface area (Å²) in [6.07, 6.45) is 0. The number of methoxy groups -OCH3 is 1. The minimum Gasteiger partial charge on any atom is -0.494 e. The Morgan fingerprint density at radius 2 is 2.11 bits per heavy atom. The van der Waals surface area contributed by atoms with Crippen molar-refractivity contribution in [1.29, 1.82) is 0 Å². The third-order valence-electron chi connectivity index (χ3n) is 2.43. The average Bonchev–Trinajstić information content (AvgIpc) is 2.29. The van der Waals surface area contributed by atoms with Gasteiger partial charge in [-0.3, -0.25) is 0 Å². The lowest BCUT2D eigenvalue weighted by atomic mass is 10.2. The van der Waals surface area contributed by atoms with Gasteiger partial charge in [0.15, 0.2) is 11.6 Å². The third kappa shape index (κ3) is 3.83. The van der Waals surface area contributed by atoms with E-state index in [1.807, 2.05) is 0 Å². The van der Waals surface area contributed by atoms with Crippen molar-refractivity contribution in [2.75, 3.05) is 25.8 Å². The van der Waals surface area contributed by atoms with Gasteiger partial charge < -0.3 is 4.74 Å². The molecule has 0 fully saturated rings. The number of benzene rings is 1. The topological polar surface area (TPSA) is 46.6 Å². The third-order valence-corrected chi connectivity index (χ3v) is 4.64. The maximum absolute atomic E-state index is 13.4. The smallest absolute Gasteiger partial charge is 0.215 e. The highest BCUT2D eigenvalue weighted by Crippen LogP contribution is 2.19. The molecule has 0 spiro atoms. The molecule has 0 amide bonds. The molecule has 0 atom stereocenters. The second-order valence-corrected chi connectivity index (χ2v) is 6.30. The van der Waals surface area contributed by atoms with Crippen molar-refractivity contribution < 1.29 is 17.5 Å². The van der Waals surface area contributed by atoms with Crippen molar-refractivity contribution in [2.24, 2.45) is 0 Å². The number of hydrogen-bond acceptors (Lipinski definition) is 3. The summed E-state index contributed by atoms with van der Waals surface area (Å²) < 4.78 is 42.7. The minimum atomic E-state index is -3.39. The van der Waals surface area contributed by atoms with E-state index in [-0.39, 0.29) is 23.9 Å². The molecule has 0 saturated carbocycles. The number of ether oxygens (including phenoxy) is 1. The summed E-state index contributed by atoms with van der Waals surface area (Å²) in [5.74, 6) is -0.490. The Morgan fingerprint density at radius 1 is 1.44 bits per heavy atom. The first-order valence-electron chi connectivity index (χ1n) is 5.23. The summed E-state index contributed by atoms with van der Waals surface area (Å²) in [6.45, 7) is 0.0974. The van der Waals surface area contributed by atoms with Crippen LogP contribution in [-0.2, 0) is 16.6 Å². The second-order valence-electron chi connectivity index (χ2n) is 3.73. The van der Waals surface area contributed by atoms with E-state index in [1.54, 1.807) is 6.07 Å². The zero-order chi connectivity index (χ0) is 13.8. The van der Waals surface area contributed by atoms with Gasteiger partial charge in [-0.25, -0.2) is 17.1 Å². The van der Waals surface area contributed by atoms with E-state index in [2.05, 4.69) is 0 Å². The first kappa shape index (κ1) is 15.2. The van der Waals surface area contributed by atoms with Crippen LogP contribution < -0.4 is 4.74 Å². The Labute approximate surface area is 111 Å². The number of hydrogen-bond donors (Lipinski definition) is 0. The summed E-state index contributed by atoms with van der Waals surface area (Å²) >= 11 is 5.42. The van der Waals surface area contributed by atoms with Crippen LogP contribution in [0.4, 0.5) is 4.39 Å². The molecule has 0 aromatic heterocycles. The molecule has 0 saturated heterocycles. The van der Waals surface area contributed by atoms with Gasteiger partial charge in [0.25, 0.3) is 0 Å². The number of rotatable bonds is 6. The van der Waals surface area contributed by atoms with Gasteiger partial charge in [-0.05, 0) is 17.7 Å². The fourth-order valence-corrected chi connectivity index (χ4v) is 2.85. The first-order valence-corrected chi connectivity index (χ1v) is 7.37. The molecular weight excluding hydrogens is 281 g/mol. The fourth-order valence-electron chi connectivity index (χ4n) is 1.42. The van der Waals surface area contributed by atoms with E-state index in [0.29, 0.717) is 5.56 Å². The summed E-state index contributed by atoms with van der Waals surface area (Å²) in [6, 6.07) is 4.34. The highest BCUT2D eigenvalue weighted by Gasteiger charge is 2.17. The number of alkyl halides is 1. The van der Waals surface area contributed by atoms with E-state index in [4.69, 9.17) is 16.3 Å². The quantitative estimate of drug-likeness (QED) is 0.752. The van der Waals surface area contributed by atoms with E-state index in [0.717, 1.165) is 4.31 Å². The van der Waals surface area contributed by atoms with Crippen LogP contribution in [0.5, 0.6) is 5.75 Å². The van der Waals surface area contributed by atoms with Crippen LogP contribution in [0, 0.1) is 5.82 Å². The zero-order valence-electron chi connectivity index (χ0n) is 10.2. The Balaban J connectivity index is 2.82. The van der Waals surface area contributed by atoms with E-state index < -0.39 is 15.8 Å². The summed E-state index contributed by atoms with van der Waals surface area (Å²) in [5.41, 5.74) is 0.550. The molecule has 102 valence electrons. The minimum absolute atomic E-state index is 0.0314. The Kier molecular flexibility index (Phi) is 5.37. The largest absolute Gasteiger partial charge is 0.494 e. The second kappa shape index (κ2) is 6.36. The maximum atomic E-state index is 13.4. The normalized spacial score (nSPS) is 11.8. The SMILES string of the molecule is COc1ccc(CN(C)S(=O)(=O)CCCl)cc1F. The molecule has 0 unspecified atom stereocenters. The highest BCUT2D eigenvalue weighted by molar-refractivity contribution is 7.89. The van der Waals surface area contributed by atoms with Gasteiger partial charge in [0, 0.05) is 19.5 Å². The molecule has 1 aromatic carbocycles. The Bertz CT molecular complexity index is 507. The van der Waals surface area contributed by atoms with Crippen molar-refractivity contribution in [3.63, 3.8) is 0 Å². The standard InChI is InChI=1S/C11H15ClFNO3S/c1-14(18(15,16)6-5-12)8-9-3-4-11(17-2)10(13)7-9/h3-4,7H,5-6,8H2,1-2H3. The molecule has 0 radical (unpaired) electrons. The summed E-state index contributed by atoms with van der Waals surface area (Å²) in [7, 11) is -0.585. The number of nitrogens with zero attached hydrogens (tertiary/aromatic N) is 1. The van der Waals surface area contributed by atoms with Crippen molar-refractivity contribution in [3.05, 3.63) is 29.6 Å². The molecule has 0 bridgehead atoms. The van der Waals surface area contributed by atoms with Crippen molar-refractivity contribution in [3.8, 4) is 5.75 Å². The lowest BCUT2D eigenvalue weighted by molar-refractivity contribution is 0.385. The molecule has 0 aliphatic rings. The van der Waals surface area contributed by atoms with Crippen LogP contribution in [0.1, 0.15) is 5.56 Å². The zero-order valence-corrected chi connectivity index (χ0v) is 11.8. The van der Waals surface area contributed by atoms with Gasteiger partial charge >= 0.3 is 0 Å². The first-order chi connectivity index (χ1) is 8.40. The predicted octanol–water partition coefficient (Wildman–Crippen LogP) is 1.83. The van der Waals surface area contributed by atoms with E-state index in [9.17, 15) is 12.8 Å². The van der Waals surface area contributed by atoms with Crippen LogP contribution in [-0.4, -0.2) is 38.5 Å². The Morgan fingerprint density at radius 3 is 2.61 bits per heavy atom. The molecule has 0 heterocycles. The van der Waals surface area contributed by atoms with Gasteiger partial charge in [-0.2, -0.15) is 0 Å². The van der Waals surface area contributed by atoms with E-state index in [1.165, 1.54) is 26.3 Å². The number of halogens is 2. The summed E-state index contributed by atoms with van der Waals surface area (Å²) in [5, 5.41) is 0. The van der Waals surface area contributed by atoms with Crippen LogP contribution in [0.25, 0.3) is 0 Å². The van der Waals surface area contributed by atoms with Gasteiger partial charge in [0.05, 0.1) is 12.9 Å². The Hall–Kier alpha value is -0.850. The van der Waals surface area contributed by atoms with Crippen LogP contribution in [0.3, 0.4) is 0 Å². The van der Waals surface area contributed by atoms with Gasteiger partial charge in [-0.15, -0.1) is 11.6 Å². The van der Waals surface area contributed by atoms with Crippen molar-refractivity contribution >= 4 is 21.6 Å². The lowest BCUT2D eigenvalue weighted by Crippen LogP contribution is -2.29. The van der Waals surface area contributed by atoms with Gasteiger partial charge in [-0.1, -0.05) is 6.07 Å². The lowest BCUT2D eigenvalue weighted by Gasteiger charge is -2.16. The maximum Gasteiger partial charge on any atom is 0.215 e.